The summed E-state index contributed by atoms with van der Waals surface area (Å²) in [6.45, 7) is 0.127. The Hall–Kier alpha value is -1.57. The van der Waals surface area contributed by atoms with Crippen molar-refractivity contribution in [2.45, 2.75) is 15.8 Å². The first-order valence-corrected chi connectivity index (χ1v) is 10.3. The molecule has 0 unspecified atom stereocenters. The number of halogens is 3. The number of carbonyl (C=O) groups is 1. The van der Waals surface area contributed by atoms with Gasteiger partial charge in [-0.25, -0.2) is 13.2 Å². The molecule has 1 aliphatic heterocycles. The molecule has 2 aromatic rings. The maximum atomic E-state index is 12.8. The molecule has 1 aliphatic rings. The summed E-state index contributed by atoms with van der Waals surface area (Å²) in [5.41, 5.74) is -0.121. The lowest BCUT2D eigenvalue weighted by atomic mass is 10.3. The van der Waals surface area contributed by atoms with Crippen LogP contribution in [0.3, 0.4) is 0 Å². The average Bonchev–Trinajstić information content (AvgIpc) is 3.32. The highest BCUT2D eigenvalue weighted by Gasteiger charge is 2.42. The average molecular weight is 428 g/mol. The van der Waals surface area contributed by atoms with Gasteiger partial charge >= 0.3 is 12.1 Å². The molecule has 1 atom stereocenters. The fraction of sp³-hybridized carbons (Fsp3) is 0.385. The topological polar surface area (TPSA) is 89.7 Å². The van der Waals surface area contributed by atoms with E-state index >= 15 is 0 Å². The van der Waals surface area contributed by atoms with Gasteiger partial charge in [-0.2, -0.15) is 17.5 Å². The van der Waals surface area contributed by atoms with Crippen LogP contribution in [0, 0.1) is 0 Å². The Labute approximate surface area is 154 Å². The van der Waals surface area contributed by atoms with Gasteiger partial charge in [0.1, 0.15) is 9.90 Å². The van der Waals surface area contributed by atoms with Crippen molar-refractivity contribution in [3.8, 4) is 10.6 Å². The van der Waals surface area contributed by atoms with Gasteiger partial charge in [0.25, 0.3) is 10.0 Å². The molecule has 0 aromatic carbocycles. The van der Waals surface area contributed by atoms with Crippen molar-refractivity contribution < 1.29 is 35.6 Å². The second-order valence-electron chi connectivity index (χ2n) is 5.05. The highest BCUT2D eigenvalue weighted by atomic mass is 32.2. The molecule has 3 heterocycles. The van der Waals surface area contributed by atoms with Gasteiger partial charge in [-0.3, -0.25) is 0 Å². The number of hydrogen-bond acceptors (Lipinski definition) is 8. The Morgan fingerprint density at radius 2 is 2.15 bits per heavy atom. The summed E-state index contributed by atoms with van der Waals surface area (Å²) in [5.74, 6) is -1.53. The number of ether oxygens (including phenoxy) is 1. The maximum absolute atomic E-state index is 12.8. The Bertz CT molecular complexity index is 922. The Balaban J connectivity index is 1.89. The third-order valence-corrected chi connectivity index (χ3v) is 8.19. The first kappa shape index (κ1) is 19.2. The number of aromatic nitrogens is 1. The largest absolute Gasteiger partial charge is 0.467 e. The molecular weight excluding hydrogens is 417 g/mol. The second-order valence-corrected chi connectivity index (χ2v) is 9.44. The zero-order chi connectivity index (χ0) is 19.1. The quantitative estimate of drug-likeness (QED) is 0.692. The van der Waals surface area contributed by atoms with Crippen molar-refractivity contribution in [3.05, 3.63) is 24.0 Å². The molecule has 0 saturated carbocycles. The van der Waals surface area contributed by atoms with E-state index < -0.39 is 33.3 Å². The fourth-order valence-electron chi connectivity index (χ4n) is 2.22. The van der Waals surface area contributed by atoms with Crippen molar-refractivity contribution >= 4 is 39.1 Å². The molecule has 26 heavy (non-hydrogen) atoms. The van der Waals surface area contributed by atoms with E-state index in [2.05, 4.69) is 14.4 Å². The molecule has 3 rings (SSSR count). The van der Waals surface area contributed by atoms with E-state index in [1.807, 2.05) is 0 Å². The molecule has 1 fully saturated rings. The van der Waals surface area contributed by atoms with Crippen LogP contribution in [0.5, 0.6) is 0 Å². The predicted molar refractivity (Wildman–Crippen MR) is 87.0 cm³/mol. The van der Waals surface area contributed by atoms with Gasteiger partial charge in [0, 0.05) is 18.4 Å². The van der Waals surface area contributed by atoms with Crippen LogP contribution in [0.25, 0.3) is 10.6 Å². The zero-order valence-corrected chi connectivity index (χ0v) is 15.5. The standard InChI is InChI=1S/C13H11F3N2O5S3/c1-22-12(19)11-18(4-5-24-11)26(20,21)10-3-2-8(25-10)7-6-9(23-17-7)13(14,15)16/h2-3,6,11H,4-5H2,1H3/t11-/m0/s1. The second kappa shape index (κ2) is 6.87. The van der Waals surface area contributed by atoms with Crippen molar-refractivity contribution in [1.82, 2.24) is 9.46 Å². The van der Waals surface area contributed by atoms with E-state index in [1.165, 1.54) is 12.1 Å². The Kier molecular flexibility index (Phi) is 5.07. The minimum atomic E-state index is -4.68. The number of nitrogens with zero attached hydrogens (tertiary/aromatic N) is 2. The molecule has 2 aromatic heterocycles. The molecule has 0 spiro atoms. The fourth-order valence-corrected chi connectivity index (χ4v) is 6.70. The third-order valence-electron chi connectivity index (χ3n) is 3.44. The summed E-state index contributed by atoms with van der Waals surface area (Å²) in [5, 5.41) is 2.34. The molecule has 0 aliphatic carbocycles. The molecule has 0 radical (unpaired) electrons. The van der Waals surface area contributed by atoms with Gasteiger partial charge in [0.05, 0.1) is 12.0 Å². The molecular formula is C13H11F3N2O5S3. The SMILES string of the molecule is COC(=O)[C@@H]1SCCN1S(=O)(=O)c1ccc(-c2cc(C(F)(F)F)on2)s1. The van der Waals surface area contributed by atoms with Crippen LogP contribution in [0.4, 0.5) is 13.2 Å². The minimum absolute atomic E-state index is 0.111. The van der Waals surface area contributed by atoms with Gasteiger partial charge in [0.2, 0.25) is 5.76 Å². The van der Waals surface area contributed by atoms with Crippen molar-refractivity contribution in [2.24, 2.45) is 0 Å². The van der Waals surface area contributed by atoms with Crippen molar-refractivity contribution in [2.75, 3.05) is 19.4 Å². The molecule has 0 N–H and O–H groups in total. The lowest BCUT2D eigenvalue weighted by Crippen LogP contribution is -2.39. The van der Waals surface area contributed by atoms with Gasteiger partial charge in [0.15, 0.2) is 5.37 Å². The highest BCUT2D eigenvalue weighted by Crippen LogP contribution is 2.38. The number of esters is 1. The summed E-state index contributed by atoms with van der Waals surface area (Å²) in [6, 6.07) is 3.30. The third kappa shape index (κ3) is 3.48. The van der Waals surface area contributed by atoms with Crippen molar-refractivity contribution in [3.63, 3.8) is 0 Å². The number of methoxy groups -OCH3 is 1. The molecule has 1 saturated heterocycles. The van der Waals surface area contributed by atoms with Crippen LogP contribution in [0.1, 0.15) is 5.76 Å². The first-order valence-electron chi connectivity index (χ1n) is 7.00. The number of sulfonamides is 1. The van der Waals surface area contributed by atoms with E-state index in [0.29, 0.717) is 11.8 Å². The van der Waals surface area contributed by atoms with E-state index in [0.717, 1.165) is 34.5 Å². The van der Waals surface area contributed by atoms with Gasteiger partial charge in [-0.15, -0.1) is 23.1 Å². The Morgan fingerprint density at radius 1 is 1.42 bits per heavy atom. The number of thiophene rings is 1. The smallest absolute Gasteiger partial charge is 0.452 e. The van der Waals surface area contributed by atoms with Crippen LogP contribution in [0.15, 0.2) is 26.9 Å². The molecule has 13 heteroatoms. The lowest BCUT2D eigenvalue weighted by molar-refractivity contribution is -0.155. The summed E-state index contributed by atoms with van der Waals surface area (Å²) in [4.78, 5) is 11.9. The maximum Gasteiger partial charge on any atom is 0.452 e. The molecule has 7 nitrogen and oxygen atoms in total. The molecule has 142 valence electrons. The van der Waals surface area contributed by atoms with Crippen LogP contribution >= 0.6 is 23.1 Å². The lowest BCUT2D eigenvalue weighted by Gasteiger charge is -2.20. The van der Waals surface area contributed by atoms with Crippen molar-refractivity contribution in [1.29, 1.82) is 0 Å². The molecule has 0 bridgehead atoms. The van der Waals surface area contributed by atoms with Gasteiger partial charge in [-0.1, -0.05) is 5.16 Å². The van der Waals surface area contributed by atoms with Gasteiger partial charge < -0.3 is 9.26 Å². The van der Waals surface area contributed by atoms with E-state index in [-0.39, 0.29) is 21.3 Å². The predicted octanol–water partition coefficient (Wildman–Crippen LogP) is 2.66. The van der Waals surface area contributed by atoms with Crippen LogP contribution in [-0.2, 0) is 25.7 Å². The van der Waals surface area contributed by atoms with Gasteiger partial charge in [-0.05, 0) is 12.1 Å². The normalized spacial score (nSPS) is 19.0. The van der Waals surface area contributed by atoms with E-state index in [9.17, 15) is 26.4 Å². The number of carbonyl (C=O) groups excluding carboxylic acids is 1. The van der Waals surface area contributed by atoms with Crippen LogP contribution < -0.4 is 0 Å². The summed E-state index contributed by atoms with van der Waals surface area (Å²) < 4.78 is 73.1. The minimum Gasteiger partial charge on any atom is -0.467 e. The number of alkyl halides is 3. The number of rotatable bonds is 4. The number of hydrogen-bond donors (Lipinski definition) is 0. The number of thioether (sulfide) groups is 1. The van der Waals surface area contributed by atoms with E-state index in [4.69, 9.17) is 0 Å². The Morgan fingerprint density at radius 3 is 2.77 bits per heavy atom. The molecule has 0 amide bonds. The van der Waals surface area contributed by atoms with E-state index in [1.54, 1.807) is 0 Å². The monoisotopic (exact) mass is 428 g/mol. The summed E-state index contributed by atoms with van der Waals surface area (Å²) >= 11 is 1.88. The highest BCUT2D eigenvalue weighted by molar-refractivity contribution is 8.02. The zero-order valence-electron chi connectivity index (χ0n) is 13.0. The summed E-state index contributed by atoms with van der Waals surface area (Å²) in [6.07, 6.45) is -4.68. The van der Waals surface area contributed by atoms with Crippen LogP contribution in [0.2, 0.25) is 0 Å². The summed E-state index contributed by atoms with van der Waals surface area (Å²) in [7, 11) is -2.84. The van der Waals surface area contributed by atoms with Crippen LogP contribution in [-0.4, -0.2) is 48.6 Å². The first-order chi connectivity index (χ1) is 12.1.